The SMILES string of the molecule is Cl.O=C([C@H]1CSCN1)N1CCCCCC1. The van der Waals surface area contributed by atoms with Crippen LogP contribution in [0, 0.1) is 0 Å². The van der Waals surface area contributed by atoms with E-state index in [9.17, 15) is 4.79 Å². The molecule has 0 aromatic heterocycles. The summed E-state index contributed by atoms with van der Waals surface area (Å²) in [6.07, 6.45) is 4.95. The van der Waals surface area contributed by atoms with Crippen molar-refractivity contribution in [2.75, 3.05) is 24.7 Å². The molecule has 0 unspecified atom stereocenters. The van der Waals surface area contributed by atoms with Crippen LogP contribution in [-0.4, -0.2) is 41.6 Å². The van der Waals surface area contributed by atoms with E-state index in [1.165, 1.54) is 25.7 Å². The fourth-order valence-corrected chi connectivity index (χ4v) is 3.00. The lowest BCUT2D eigenvalue weighted by Gasteiger charge is -2.23. The van der Waals surface area contributed by atoms with Crippen LogP contribution in [0.5, 0.6) is 0 Å². The molecule has 3 nitrogen and oxygen atoms in total. The van der Waals surface area contributed by atoms with Gasteiger partial charge in [-0.2, -0.15) is 0 Å². The van der Waals surface area contributed by atoms with Crippen molar-refractivity contribution >= 4 is 30.1 Å². The number of nitrogens with one attached hydrogen (secondary N) is 1. The van der Waals surface area contributed by atoms with E-state index in [0.29, 0.717) is 5.91 Å². The Kier molecular flexibility index (Phi) is 5.79. The number of carbonyl (C=O) groups is 1. The number of hydrogen-bond acceptors (Lipinski definition) is 3. The Morgan fingerprint density at radius 2 is 1.87 bits per heavy atom. The van der Waals surface area contributed by atoms with Gasteiger partial charge >= 0.3 is 0 Å². The Bertz CT molecular complexity index is 202. The zero-order valence-electron chi connectivity index (χ0n) is 8.91. The van der Waals surface area contributed by atoms with Crippen LogP contribution in [0.1, 0.15) is 25.7 Å². The minimum absolute atomic E-state index is 0. The number of hydrogen-bond donors (Lipinski definition) is 1. The summed E-state index contributed by atoms with van der Waals surface area (Å²) >= 11 is 1.82. The second-order valence-corrected chi connectivity index (χ2v) is 5.04. The molecule has 2 fully saturated rings. The van der Waals surface area contributed by atoms with E-state index in [2.05, 4.69) is 10.2 Å². The average Bonchev–Trinajstić information content (AvgIpc) is 2.59. The van der Waals surface area contributed by atoms with Crippen LogP contribution in [-0.2, 0) is 4.79 Å². The van der Waals surface area contributed by atoms with Crippen molar-refractivity contribution in [2.24, 2.45) is 0 Å². The lowest BCUT2D eigenvalue weighted by molar-refractivity contribution is -0.132. The summed E-state index contributed by atoms with van der Waals surface area (Å²) in [4.78, 5) is 14.1. The molecule has 0 aliphatic carbocycles. The largest absolute Gasteiger partial charge is 0.341 e. The van der Waals surface area contributed by atoms with Crippen molar-refractivity contribution in [1.82, 2.24) is 10.2 Å². The number of halogens is 1. The fourth-order valence-electron chi connectivity index (χ4n) is 2.07. The third kappa shape index (κ3) is 3.54. The van der Waals surface area contributed by atoms with Gasteiger partial charge in [0.25, 0.3) is 0 Å². The molecule has 2 heterocycles. The molecule has 88 valence electrons. The molecule has 0 aromatic carbocycles. The summed E-state index contributed by atoms with van der Waals surface area (Å²) in [5, 5.41) is 3.25. The topological polar surface area (TPSA) is 32.3 Å². The molecule has 5 heteroatoms. The maximum absolute atomic E-state index is 12.0. The van der Waals surface area contributed by atoms with Gasteiger partial charge in [0, 0.05) is 24.7 Å². The van der Waals surface area contributed by atoms with E-state index in [1.54, 1.807) is 0 Å². The monoisotopic (exact) mass is 250 g/mol. The quantitative estimate of drug-likeness (QED) is 0.765. The normalized spacial score (nSPS) is 26.9. The third-order valence-electron chi connectivity index (χ3n) is 2.93. The minimum atomic E-state index is 0. The van der Waals surface area contributed by atoms with E-state index in [1.807, 2.05) is 11.8 Å². The first-order chi connectivity index (χ1) is 6.88. The van der Waals surface area contributed by atoms with Crippen LogP contribution in [0.3, 0.4) is 0 Å². The molecule has 0 bridgehead atoms. The molecule has 0 radical (unpaired) electrons. The molecule has 15 heavy (non-hydrogen) atoms. The number of rotatable bonds is 1. The lowest BCUT2D eigenvalue weighted by atomic mass is 10.2. The molecule has 0 spiro atoms. The first-order valence-corrected chi connectivity index (χ1v) is 6.63. The van der Waals surface area contributed by atoms with Crippen LogP contribution in [0.4, 0.5) is 0 Å². The van der Waals surface area contributed by atoms with E-state index in [0.717, 1.165) is 24.7 Å². The summed E-state index contributed by atoms with van der Waals surface area (Å²) in [5.41, 5.74) is 0. The van der Waals surface area contributed by atoms with Gasteiger partial charge in [0.2, 0.25) is 5.91 Å². The maximum atomic E-state index is 12.0. The molecule has 2 saturated heterocycles. The van der Waals surface area contributed by atoms with Gasteiger partial charge in [-0.15, -0.1) is 24.2 Å². The number of likely N-dealkylation sites (tertiary alicyclic amines) is 1. The predicted molar refractivity (Wildman–Crippen MR) is 66.5 cm³/mol. The number of amides is 1. The van der Waals surface area contributed by atoms with Gasteiger partial charge in [-0.25, -0.2) is 0 Å². The van der Waals surface area contributed by atoms with Gasteiger partial charge in [-0.3, -0.25) is 10.1 Å². The van der Waals surface area contributed by atoms with Crippen LogP contribution >= 0.6 is 24.2 Å². The molecule has 1 atom stereocenters. The highest BCUT2D eigenvalue weighted by atomic mass is 35.5. The molecular formula is C10H19ClN2OS. The molecule has 0 aromatic rings. The number of thioether (sulfide) groups is 1. The van der Waals surface area contributed by atoms with E-state index in [4.69, 9.17) is 0 Å². The third-order valence-corrected chi connectivity index (χ3v) is 3.87. The number of nitrogens with zero attached hydrogens (tertiary/aromatic N) is 1. The van der Waals surface area contributed by atoms with Crippen molar-refractivity contribution < 1.29 is 4.79 Å². The highest BCUT2D eigenvalue weighted by Gasteiger charge is 2.27. The number of carbonyl (C=O) groups excluding carboxylic acids is 1. The van der Waals surface area contributed by atoms with Crippen LogP contribution in [0.2, 0.25) is 0 Å². The van der Waals surface area contributed by atoms with E-state index in [-0.39, 0.29) is 18.4 Å². The van der Waals surface area contributed by atoms with Crippen molar-refractivity contribution in [2.45, 2.75) is 31.7 Å². The molecular weight excluding hydrogens is 232 g/mol. The van der Waals surface area contributed by atoms with E-state index < -0.39 is 0 Å². The summed E-state index contributed by atoms with van der Waals surface area (Å²) in [6, 6.07) is 0.0955. The van der Waals surface area contributed by atoms with Gasteiger partial charge in [0.1, 0.15) is 0 Å². The lowest BCUT2D eigenvalue weighted by Crippen LogP contribution is -2.45. The Morgan fingerprint density at radius 1 is 1.20 bits per heavy atom. The zero-order valence-corrected chi connectivity index (χ0v) is 10.5. The highest BCUT2D eigenvalue weighted by Crippen LogP contribution is 2.15. The first-order valence-electron chi connectivity index (χ1n) is 5.48. The Labute approximate surface area is 102 Å². The predicted octanol–water partition coefficient (Wildman–Crippen LogP) is 1.47. The van der Waals surface area contributed by atoms with Gasteiger partial charge in [-0.1, -0.05) is 12.8 Å². The highest BCUT2D eigenvalue weighted by molar-refractivity contribution is 7.99. The van der Waals surface area contributed by atoms with E-state index >= 15 is 0 Å². The van der Waals surface area contributed by atoms with Crippen molar-refractivity contribution in [3.63, 3.8) is 0 Å². The molecule has 2 rings (SSSR count). The maximum Gasteiger partial charge on any atom is 0.240 e. The van der Waals surface area contributed by atoms with Crippen molar-refractivity contribution in [3.05, 3.63) is 0 Å². The Hall–Kier alpha value is 0.0700. The van der Waals surface area contributed by atoms with Gasteiger partial charge < -0.3 is 4.90 Å². The van der Waals surface area contributed by atoms with Crippen LogP contribution in [0.15, 0.2) is 0 Å². The second-order valence-electron chi connectivity index (χ2n) is 4.01. The van der Waals surface area contributed by atoms with Crippen LogP contribution < -0.4 is 5.32 Å². The average molecular weight is 251 g/mol. The second kappa shape index (κ2) is 6.61. The summed E-state index contributed by atoms with van der Waals surface area (Å²) in [7, 11) is 0. The molecule has 2 aliphatic rings. The first kappa shape index (κ1) is 13.1. The van der Waals surface area contributed by atoms with Gasteiger partial charge in [-0.05, 0) is 12.8 Å². The van der Waals surface area contributed by atoms with Gasteiger partial charge in [0.15, 0.2) is 0 Å². The summed E-state index contributed by atoms with van der Waals surface area (Å²) < 4.78 is 0. The Balaban J connectivity index is 0.00000112. The Morgan fingerprint density at radius 3 is 2.40 bits per heavy atom. The molecule has 0 saturated carbocycles. The van der Waals surface area contributed by atoms with Crippen molar-refractivity contribution in [1.29, 1.82) is 0 Å². The standard InChI is InChI=1S/C10H18N2OS.ClH/c13-10(9-7-14-8-11-9)12-5-3-1-2-4-6-12;/h9,11H,1-8H2;1H/t9-;/m1./s1. The summed E-state index contributed by atoms with van der Waals surface area (Å²) in [5.74, 6) is 2.22. The molecule has 2 aliphatic heterocycles. The fraction of sp³-hybridized carbons (Fsp3) is 0.900. The minimum Gasteiger partial charge on any atom is -0.341 e. The van der Waals surface area contributed by atoms with Gasteiger partial charge in [0.05, 0.1) is 6.04 Å². The zero-order chi connectivity index (χ0) is 9.80. The van der Waals surface area contributed by atoms with Crippen LogP contribution in [0.25, 0.3) is 0 Å². The van der Waals surface area contributed by atoms with Crippen molar-refractivity contribution in [3.8, 4) is 0 Å². The molecule has 1 N–H and O–H groups in total. The summed E-state index contributed by atoms with van der Waals surface area (Å²) in [6.45, 7) is 1.95. The molecule has 1 amide bonds. The smallest absolute Gasteiger partial charge is 0.240 e.